The predicted octanol–water partition coefficient (Wildman–Crippen LogP) is 3.72. The molecule has 15 nitrogen and oxygen atoms in total. The fourth-order valence-electron chi connectivity index (χ4n) is 6.95. The number of esters is 4. The van der Waals surface area contributed by atoms with Gasteiger partial charge in [-0.1, -0.05) is 28.1 Å². The number of carbonyl (C=O) groups is 6. The molecule has 2 aromatic rings. The van der Waals surface area contributed by atoms with Crippen LogP contribution in [0.25, 0.3) is 0 Å². The van der Waals surface area contributed by atoms with Gasteiger partial charge in [0.05, 0.1) is 67.7 Å². The Hall–Kier alpha value is -6.42. The van der Waals surface area contributed by atoms with Crippen LogP contribution in [-0.2, 0) is 38.1 Å². The van der Waals surface area contributed by atoms with Crippen LogP contribution in [0.15, 0.2) is 123 Å². The Morgan fingerprint density at radius 2 is 0.944 bits per heavy atom. The number of non-ortho nitro benzene ring substituents is 1. The molecular formula is C38H30BrN3O12. The van der Waals surface area contributed by atoms with Crippen molar-refractivity contribution in [2.45, 2.75) is 24.2 Å². The molecule has 4 atom stereocenters. The Morgan fingerprint density at radius 3 is 1.30 bits per heavy atom. The number of rotatable bonds is 10. The number of allylic oxidation sites excluding steroid dienone is 4. The van der Waals surface area contributed by atoms with Gasteiger partial charge in [0.2, 0.25) is 0 Å². The van der Waals surface area contributed by atoms with Crippen LogP contribution in [0.1, 0.15) is 20.7 Å². The van der Waals surface area contributed by atoms with Gasteiger partial charge in [0.25, 0.3) is 5.69 Å². The summed E-state index contributed by atoms with van der Waals surface area (Å²) in [7, 11) is 4.51. The third-order valence-electron chi connectivity index (χ3n) is 9.43. The van der Waals surface area contributed by atoms with E-state index in [2.05, 4.69) is 15.9 Å². The van der Waals surface area contributed by atoms with Crippen molar-refractivity contribution in [2.24, 2.45) is 0 Å². The zero-order valence-corrected chi connectivity index (χ0v) is 30.6. The molecule has 6 rings (SSSR count). The molecule has 4 unspecified atom stereocenters. The fourth-order valence-corrected chi connectivity index (χ4v) is 7.22. The lowest BCUT2D eigenvalue weighted by Crippen LogP contribution is -2.42. The second-order valence-electron chi connectivity index (χ2n) is 12.1. The molecule has 4 aliphatic rings. The Kier molecular flexibility index (Phi) is 10.3. The van der Waals surface area contributed by atoms with Crippen molar-refractivity contribution in [2.75, 3.05) is 28.4 Å². The molecule has 0 spiro atoms. The molecule has 276 valence electrons. The fraction of sp³-hybridized carbons (Fsp3) is 0.211. The molecule has 0 radical (unpaired) electrons. The second-order valence-corrected chi connectivity index (χ2v) is 13.0. The zero-order valence-electron chi connectivity index (χ0n) is 29.0. The lowest BCUT2D eigenvalue weighted by molar-refractivity contribution is -0.384. The molecule has 4 heterocycles. The molecule has 0 saturated heterocycles. The van der Waals surface area contributed by atoms with Crippen molar-refractivity contribution in [1.29, 1.82) is 0 Å². The van der Waals surface area contributed by atoms with E-state index in [1.54, 1.807) is 59.7 Å². The number of ether oxygens (including phenoxy) is 4. The second kappa shape index (κ2) is 14.9. The maximum absolute atomic E-state index is 14.0. The van der Waals surface area contributed by atoms with E-state index in [9.17, 15) is 38.9 Å². The predicted molar refractivity (Wildman–Crippen MR) is 191 cm³/mol. The summed E-state index contributed by atoms with van der Waals surface area (Å²) in [5.41, 5.74) is 0.292. The van der Waals surface area contributed by atoms with E-state index in [0.29, 0.717) is 11.1 Å². The van der Waals surface area contributed by atoms with Crippen molar-refractivity contribution in [3.8, 4) is 0 Å². The van der Waals surface area contributed by atoms with Gasteiger partial charge in [0.1, 0.15) is 12.1 Å². The van der Waals surface area contributed by atoms with E-state index >= 15 is 0 Å². The number of fused-ring (bicyclic) bond motifs is 2. The average molecular weight is 801 g/mol. The average Bonchev–Trinajstić information content (AvgIpc) is 3.72. The number of nitro groups is 1. The number of methoxy groups -OCH3 is 4. The number of nitrogens with zero attached hydrogens (tertiary/aromatic N) is 3. The third kappa shape index (κ3) is 6.33. The summed E-state index contributed by atoms with van der Waals surface area (Å²) in [4.78, 5) is 94.9. The van der Waals surface area contributed by atoms with Crippen LogP contribution >= 0.6 is 15.9 Å². The first-order chi connectivity index (χ1) is 25.9. The number of halogens is 1. The van der Waals surface area contributed by atoms with Gasteiger partial charge in [-0.3, -0.25) is 19.7 Å². The van der Waals surface area contributed by atoms with E-state index < -0.39 is 64.5 Å². The van der Waals surface area contributed by atoms with Crippen LogP contribution in [0, 0.1) is 10.1 Å². The molecule has 0 aromatic heterocycles. The maximum atomic E-state index is 14.0. The number of ketones is 2. The summed E-state index contributed by atoms with van der Waals surface area (Å²) >= 11 is 3.35. The van der Waals surface area contributed by atoms with E-state index in [-0.39, 0.29) is 39.1 Å². The molecule has 0 N–H and O–H groups in total. The van der Waals surface area contributed by atoms with Crippen molar-refractivity contribution in [3.05, 3.63) is 144 Å². The van der Waals surface area contributed by atoms with Crippen LogP contribution in [0.2, 0.25) is 0 Å². The monoisotopic (exact) mass is 799 g/mol. The van der Waals surface area contributed by atoms with Gasteiger partial charge in [0, 0.05) is 40.1 Å². The first-order valence-corrected chi connectivity index (χ1v) is 16.9. The smallest absolute Gasteiger partial charge is 0.336 e. The summed E-state index contributed by atoms with van der Waals surface area (Å²) in [6, 6.07) is 6.68. The van der Waals surface area contributed by atoms with Crippen LogP contribution in [0.4, 0.5) is 5.69 Å². The number of carbonyl (C=O) groups excluding carboxylic acids is 6. The lowest BCUT2D eigenvalue weighted by atomic mass is 9.92. The standard InChI is InChI=1S/C38H30BrN3O12/c1-51-35(45)27-25-17-21(13-15-40(25)31(29(27)37(47)53-3)33(43)19-5-9-23(39)10-6-19)22-14-16-41-26(18-22)28(36(46)52-2)30(38(48)54-4)32(41)34(44)20-7-11-24(12-8-20)42(49)50/h5-18,25-26,31-32H,1-4H3. The lowest BCUT2D eigenvalue weighted by Gasteiger charge is -2.34. The number of hydrogen-bond acceptors (Lipinski definition) is 14. The number of nitro benzene ring substituents is 1. The van der Waals surface area contributed by atoms with Gasteiger partial charge >= 0.3 is 23.9 Å². The first-order valence-electron chi connectivity index (χ1n) is 16.1. The Labute approximate surface area is 315 Å². The maximum Gasteiger partial charge on any atom is 0.336 e. The number of benzene rings is 2. The Morgan fingerprint density at radius 1 is 0.593 bits per heavy atom. The van der Waals surface area contributed by atoms with Gasteiger partial charge in [0.15, 0.2) is 11.6 Å². The molecule has 0 bridgehead atoms. The Balaban J connectivity index is 1.44. The summed E-state index contributed by atoms with van der Waals surface area (Å²) in [6.45, 7) is 0. The zero-order chi connectivity index (χ0) is 39.0. The molecule has 0 fully saturated rings. The van der Waals surface area contributed by atoms with Crippen LogP contribution in [0.3, 0.4) is 0 Å². The quantitative estimate of drug-likeness (QED) is 0.111. The minimum absolute atomic E-state index is 0.0371. The van der Waals surface area contributed by atoms with E-state index in [4.69, 9.17) is 18.9 Å². The Bertz CT molecular complexity index is 2200. The van der Waals surface area contributed by atoms with E-state index in [1.807, 2.05) is 0 Å². The highest BCUT2D eigenvalue weighted by Crippen LogP contribution is 2.42. The molecule has 2 aromatic carbocycles. The summed E-state index contributed by atoms with van der Waals surface area (Å²) in [5.74, 6) is -4.73. The van der Waals surface area contributed by atoms with Crippen molar-refractivity contribution in [3.63, 3.8) is 0 Å². The summed E-state index contributed by atoms with van der Waals surface area (Å²) in [5, 5.41) is 11.2. The molecule has 54 heavy (non-hydrogen) atoms. The van der Waals surface area contributed by atoms with Crippen LogP contribution in [0.5, 0.6) is 0 Å². The summed E-state index contributed by atoms with van der Waals surface area (Å²) in [6.07, 6.45) is 9.61. The molecular weight excluding hydrogens is 770 g/mol. The van der Waals surface area contributed by atoms with Gasteiger partial charge in [-0.15, -0.1) is 0 Å². The molecule has 0 aliphatic carbocycles. The van der Waals surface area contributed by atoms with Crippen LogP contribution < -0.4 is 0 Å². The number of hydrogen-bond donors (Lipinski definition) is 0. The van der Waals surface area contributed by atoms with Gasteiger partial charge in [-0.05, 0) is 59.7 Å². The van der Waals surface area contributed by atoms with Gasteiger partial charge in [-0.25, -0.2) is 19.2 Å². The molecule has 4 aliphatic heterocycles. The molecule has 16 heteroatoms. The van der Waals surface area contributed by atoms with E-state index in [1.165, 1.54) is 23.2 Å². The molecule has 0 amide bonds. The van der Waals surface area contributed by atoms with Crippen LogP contribution in [-0.4, -0.2) is 103 Å². The minimum atomic E-state index is -1.38. The third-order valence-corrected chi connectivity index (χ3v) is 9.96. The van der Waals surface area contributed by atoms with Crippen molar-refractivity contribution in [1.82, 2.24) is 9.80 Å². The normalized spacial score (nSPS) is 21.1. The van der Waals surface area contributed by atoms with Crippen molar-refractivity contribution >= 4 is 57.1 Å². The highest BCUT2D eigenvalue weighted by molar-refractivity contribution is 9.10. The molecule has 0 saturated carbocycles. The number of Topliss-reactive ketones (excluding diaryl/α,β-unsaturated/α-hetero) is 2. The van der Waals surface area contributed by atoms with Gasteiger partial charge in [-0.2, -0.15) is 0 Å². The largest absolute Gasteiger partial charge is 0.466 e. The van der Waals surface area contributed by atoms with E-state index in [0.717, 1.165) is 45.0 Å². The van der Waals surface area contributed by atoms with Gasteiger partial charge < -0.3 is 28.7 Å². The highest BCUT2D eigenvalue weighted by Gasteiger charge is 2.51. The minimum Gasteiger partial charge on any atom is -0.466 e. The SMILES string of the molecule is COC(=O)C1=C(C(=O)OC)C(C(=O)c2ccc(Br)cc2)N2C=CC(C3=CC4C(C(=O)OC)=C(C(=O)OC)C(C(=O)c5ccc([N+](=O)[O-])cc5)N4C=C3)=CC12. The topological polar surface area (TPSA) is 189 Å². The first kappa shape index (κ1) is 37.3. The summed E-state index contributed by atoms with van der Waals surface area (Å²) < 4.78 is 20.9. The van der Waals surface area contributed by atoms with Crippen molar-refractivity contribution < 1.29 is 52.6 Å². The highest BCUT2D eigenvalue weighted by atomic mass is 79.9.